The molecule has 1 aromatic rings. The Kier molecular flexibility index (Phi) is 5.24. The summed E-state index contributed by atoms with van der Waals surface area (Å²) in [5, 5.41) is 2.76. The van der Waals surface area contributed by atoms with E-state index in [-0.39, 0.29) is 16.7 Å². The van der Waals surface area contributed by atoms with E-state index in [0.29, 0.717) is 24.3 Å². The molecule has 0 atom stereocenters. The Morgan fingerprint density at radius 3 is 2.41 bits per heavy atom. The quantitative estimate of drug-likeness (QED) is 0.926. The fourth-order valence-corrected chi connectivity index (χ4v) is 4.25. The largest absolute Gasteiger partial charge is 0.326 e. The van der Waals surface area contributed by atoms with Crippen molar-refractivity contribution < 1.29 is 13.2 Å². The van der Waals surface area contributed by atoms with Gasteiger partial charge in [-0.2, -0.15) is 4.31 Å². The van der Waals surface area contributed by atoms with Gasteiger partial charge < -0.3 is 5.32 Å². The van der Waals surface area contributed by atoms with Gasteiger partial charge in [0.15, 0.2) is 0 Å². The summed E-state index contributed by atoms with van der Waals surface area (Å²) in [6.45, 7) is 6.53. The maximum Gasteiger partial charge on any atom is 0.243 e. The molecule has 0 aliphatic carbocycles. The van der Waals surface area contributed by atoms with Crippen molar-refractivity contribution in [2.24, 2.45) is 5.92 Å². The van der Waals surface area contributed by atoms with Gasteiger partial charge in [-0.25, -0.2) is 8.42 Å². The van der Waals surface area contributed by atoms with Gasteiger partial charge in [0.2, 0.25) is 15.9 Å². The molecule has 0 saturated carbocycles. The van der Waals surface area contributed by atoms with E-state index in [1.165, 1.54) is 0 Å². The van der Waals surface area contributed by atoms with Crippen LogP contribution in [0.1, 0.15) is 38.7 Å². The first-order valence-electron chi connectivity index (χ1n) is 7.74. The standard InChI is InChI=1S/C16H24N2O3S/c1-12(2)16(19)17-14-8-7-13(3)15(11-14)22(20,21)18-9-5-4-6-10-18/h7-8,11-12H,4-6,9-10H2,1-3H3,(H,17,19). The van der Waals surface area contributed by atoms with Gasteiger partial charge in [-0.3, -0.25) is 4.79 Å². The van der Waals surface area contributed by atoms with E-state index >= 15 is 0 Å². The van der Waals surface area contributed by atoms with Crippen LogP contribution in [0.3, 0.4) is 0 Å². The first kappa shape index (κ1) is 17.0. The molecule has 1 aliphatic heterocycles. The van der Waals surface area contributed by atoms with Crippen LogP contribution in [0.5, 0.6) is 0 Å². The maximum atomic E-state index is 12.8. The molecule has 0 aromatic heterocycles. The Morgan fingerprint density at radius 1 is 1.18 bits per heavy atom. The van der Waals surface area contributed by atoms with E-state index in [2.05, 4.69) is 5.32 Å². The predicted octanol–water partition coefficient (Wildman–Crippen LogP) is 2.76. The van der Waals surface area contributed by atoms with Crippen LogP contribution in [0.25, 0.3) is 0 Å². The number of hydrogen-bond donors (Lipinski definition) is 1. The van der Waals surface area contributed by atoms with Crippen molar-refractivity contribution in [3.8, 4) is 0 Å². The molecule has 2 rings (SSSR count). The molecule has 1 N–H and O–H groups in total. The first-order chi connectivity index (χ1) is 10.3. The second-order valence-corrected chi connectivity index (χ2v) is 8.00. The van der Waals surface area contributed by atoms with Gasteiger partial charge in [0.25, 0.3) is 0 Å². The van der Waals surface area contributed by atoms with Crippen LogP contribution < -0.4 is 5.32 Å². The van der Waals surface area contributed by atoms with Gasteiger partial charge in [0, 0.05) is 24.7 Å². The lowest BCUT2D eigenvalue weighted by Crippen LogP contribution is -2.36. The van der Waals surface area contributed by atoms with E-state index in [4.69, 9.17) is 0 Å². The number of nitrogens with one attached hydrogen (secondary N) is 1. The monoisotopic (exact) mass is 324 g/mol. The van der Waals surface area contributed by atoms with E-state index < -0.39 is 10.0 Å². The van der Waals surface area contributed by atoms with Gasteiger partial charge in [-0.1, -0.05) is 26.3 Å². The second kappa shape index (κ2) is 6.79. The van der Waals surface area contributed by atoms with Crippen LogP contribution in [0.4, 0.5) is 5.69 Å². The number of nitrogens with zero attached hydrogens (tertiary/aromatic N) is 1. The van der Waals surface area contributed by atoms with E-state index in [9.17, 15) is 13.2 Å². The number of amides is 1. The van der Waals surface area contributed by atoms with Crippen molar-refractivity contribution in [3.05, 3.63) is 23.8 Å². The Morgan fingerprint density at radius 2 is 1.82 bits per heavy atom. The lowest BCUT2D eigenvalue weighted by Gasteiger charge is -2.26. The molecule has 1 saturated heterocycles. The molecule has 22 heavy (non-hydrogen) atoms. The molecule has 1 fully saturated rings. The molecule has 5 nitrogen and oxygen atoms in total. The molecule has 1 aliphatic rings. The van der Waals surface area contributed by atoms with Crippen molar-refractivity contribution in [2.45, 2.75) is 44.9 Å². The van der Waals surface area contributed by atoms with Gasteiger partial charge in [0.05, 0.1) is 4.90 Å². The summed E-state index contributed by atoms with van der Waals surface area (Å²) in [6, 6.07) is 5.05. The van der Waals surface area contributed by atoms with Gasteiger partial charge in [-0.15, -0.1) is 0 Å². The average Bonchev–Trinajstić information content (AvgIpc) is 2.49. The van der Waals surface area contributed by atoms with Crippen LogP contribution in [0.15, 0.2) is 23.1 Å². The third kappa shape index (κ3) is 3.67. The van der Waals surface area contributed by atoms with Crippen LogP contribution in [-0.2, 0) is 14.8 Å². The van der Waals surface area contributed by atoms with Crippen molar-refractivity contribution in [3.63, 3.8) is 0 Å². The highest BCUT2D eigenvalue weighted by Gasteiger charge is 2.27. The number of benzene rings is 1. The van der Waals surface area contributed by atoms with Crippen molar-refractivity contribution in [1.29, 1.82) is 0 Å². The fourth-order valence-electron chi connectivity index (χ4n) is 2.49. The minimum absolute atomic E-state index is 0.120. The number of anilines is 1. The van der Waals surface area contributed by atoms with E-state index in [0.717, 1.165) is 19.3 Å². The maximum absolute atomic E-state index is 12.8. The van der Waals surface area contributed by atoms with Crippen LogP contribution in [-0.4, -0.2) is 31.7 Å². The summed E-state index contributed by atoms with van der Waals surface area (Å²) in [4.78, 5) is 12.1. The topological polar surface area (TPSA) is 66.5 Å². The molecule has 0 radical (unpaired) electrons. The Labute approximate surface area is 132 Å². The molecule has 0 spiro atoms. The van der Waals surface area contributed by atoms with Crippen molar-refractivity contribution in [1.82, 2.24) is 4.31 Å². The molecule has 1 heterocycles. The molecule has 0 bridgehead atoms. The third-order valence-electron chi connectivity index (χ3n) is 3.91. The highest BCUT2D eigenvalue weighted by Crippen LogP contribution is 2.26. The number of rotatable bonds is 4. The SMILES string of the molecule is Cc1ccc(NC(=O)C(C)C)cc1S(=O)(=O)N1CCCCC1. The summed E-state index contributed by atoms with van der Waals surface area (Å²) in [6.07, 6.45) is 2.89. The van der Waals surface area contributed by atoms with Gasteiger partial charge in [0.1, 0.15) is 0 Å². The molecule has 6 heteroatoms. The number of carbonyl (C=O) groups excluding carboxylic acids is 1. The second-order valence-electron chi connectivity index (χ2n) is 6.09. The first-order valence-corrected chi connectivity index (χ1v) is 9.18. The van der Waals surface area contributed by atoms with E-state index in [1.807, 2.05) is 0 Å². The number of piperidine rings is 1. The van der Waals surface area contributed by atoms with Crippen LogP contribution >= 0.6 is 0 Å². The van der Waals surface area contributed by atoms with Gasteiger partial charge >= 0.3 is 0 Å². The Hall–Kier alpha value is -1.40. The number of sulfonamides is 1. The van der Waals surface area contributed by atoms with E-state index in [1.54, 1.807) is 43.3 Å². The van der Waals surface area contributed by atoms with Crippen molar-refractivity contribution >= 4 is 21.6 Å². The molecule has 1 amide bonds. The molecule has 122 valence electrons. The van der Waals surface area contributed by atoms with Crippen LogP contribution in [0, 0.1) is 12.8 Å². The minimum atomic E-state index is -3.49. The zero-order chi connectivity index (χ0) is 16.3. The number of carbonyl (C=O) groups is 1. The number of hydrogen-bond acceptors (Lipinski definition) is 3. The smallest absolute Gasteiger partial charge is 0.243 e. The highest BCUT2D eigenvalue weighted by atomic mass is 32.2. The predicted molar refractivity (Wildman–Crippen MR) is 87.3 cm³/mol. The van der Waals surface area contributed by atoms with Crippen LogP contribution in [0.2, 0.25) is 0 Å². The normalized spacial score (nSPS) is 16.7. The lowest BCUT2D eigenvalue weighted by atomic mass is 10.2. The summed E-state index contributed by atoms with van der Waals surface area (Å²) in [5.41, 5.74) is 1.23. The fraction of sp³-hybridized carbons (Fsp3) is 0.562. The zero-order valence-electron chi connectivity index (χ0n) is 13.4. The summed E-state index contributed by atoms with van der Waals surface area (Å²) in [5.74, 6) is -0.270. The Balaban J connectivity index is 2.31. The summed E-state index contributed by atoms with van der Waals surface area (Å²) >= 11 is 0. The highest BCUT2D eigenvalue weighted by molar-refractivity contribution is 7.89. The summed E-state index contributed by atoms with van der Waals surface area (Å²) in [7, 11) is -3.49. The van der Waals surface area contributed by atoms with Crippen molar-refractivity contribution in [2.75, 3.05) is 18.4 Å². The minimum Gasteiger partial charge on any atom is -0.326 e. The molecule has 0 unspecified atom stereocenters. The number of aryl methyl sites for hydroxylation is 1. The lowest BCUT2D eigenvalue weighted by molar-refractivity contribution is -0.118. The Bertz CT molecular complexity index is 647. The molecular weight excluding hydrogens is 300 g/mol. The third-order valence-corrected chi connectivity index (χ3v) is 5.95. The zero-order valence-corrected chi connectivity index (χ0v) is 14.2. The molecular formula is C16H24N2O3S. The molecule has 1 aromatic carbocycles. The van der Waals surface area contributed by atoms with Gasteiger partial charge in [-0.05, 0) is 37.5 Å². The summed E-state index contributed by atoms with van der Waals surface area (Å²) < 4.78 is 27.1. The average molecular weight is 324 g/mol.